The van der Waals surface area contributed by atoms with Gasteiger partial charge in [0.1, 0.15) is 17.4 Å². The number of sulfonamides is 1. The number of thiocarbonyl (C=S) groups is 1. The Morgan fingerprint density at radius 2 is 2.41 bits per heavy atom. The minimum atomic E-state index is -3.50. The largest absolute Gasteiger partial charge is 0.392 e. The van der Waals surface area contributed by atoms with Crippen LogP contribution in [0.2, 0.25) is 0 Å². The van der Waals surface area contributed by atoms with E-state index in [4.69, 9.17) is 18.0 Å². The van der Waals surface area contributed by atoms with E-state index in [9.17, 15) is 8.42 Å². The van der Waals surface area contributed by atoms with Crippen LogP contribution in [0.5, 0.6) is 0 Å². The number of rotatable bonds is 7. The Labute approximate surface area is 105 Å². The fourth-order valence-electron chi connectivity index (χ4n) is 1.34. The number of nitrogens with one attached hydrogen (secondary N) is 2. The van der Waals surface area contributed by atoms with Crippen LogP contribution in [-0.2, 0) is 16.4 Å². The second kappa shape index (κ2) is 6.03. The van der Waals surface area contributed by atoms with Crippen LogP contribution in [0.3, 0.4) is 0 Å². The first-order chi connectivity index (χ1) is 7.97. The molecule has 1 unspecified atom stereocenters. The summed E-state index contributed by atoms with van der Waals surface area (Å²) in [6, 6.07) is 0. The van der Waals surface area contributed by atoms with Crippen molar-refractivity contribution in [3.63, 3.8) is 0 Å². The Balaban J connectivity index is 2.52. The lowest BCUT2D eigenvalue weighted by Gasteiger charge is -2.14. The Kier molecular flexibility index (Phi) is 4.97. The summed E-state index contributed by atoms with van der Waals surface area (Å²) in [6.07, 6.45) is 2.16. The molecule has 7 nitrogen and oxygen atoms in total. The van der Waals surface area contributed by atoms with E-state index in [1.54, 1.807) is 6.92 Å². The Hall–Kier alpha value is -1.06. The minimum Gasteiger partial charge on any atom is -0.392 e. The van der Waals surface area contributed by atoms with Crippen molar-refractivity contribution >= 4 is 27.2 Å². The molecule has 1 rings (SSSR count). The Morgan fingerprint density at radius 3 is 2.88 bits per heavy atom. The molecule has 1 heterocycles. The van der Waals surface area contributed by atoms with Gasteiger partial charge in [0.15, 0.2) is 0 Å². The molecule has 1 atom stereocenters. The highest BCUT2D eigenvalue weighted by molar-refractivity contribution is 7.93. The van der Waals surface area contributed by atoms with E-state index in [0.29, 0.717) is 18.7 Å². The molecule has 0 spiro atoms. The first-order valence-electron chi connectivity index (χ1n) is 5.09. The Bertz CT molecular complexity index is 456. The van der Waals surface area contributed by atoms with E-state index in [-0.39, 0.29) is 11.5 Å². The van der Waals surface area contributed by atoms with E-state index in [2.05, 4.69) is 19.9 Å². The maximum Gasteiger partial charge on any atom is 0.221 e. The van der Waals surface area contributed by atoms with Crippen molar-refractivity contribution in [1.29, 1.82) is 0 Å². The van der Waals surface area contributed by atoms with Gasteiger partial charge in [0, 0.05) is 13.0 Å². The van der Waals surface area contributed by atoms with Crippen molar-refractivity contribution in [2.24, 2.45) is 5.73 Å². The lowest BCUT2D eigenvalue weighted by atomic mass is 10.3. The number of nitrogens with two attached hydrogens (primary N) is 1. The second-order valence-corrected chi connectivity index (χ2v) is 5.84. The maximum absolute atomic E-state index is 11.8. The van der Waals surface area contributed by atoms with Gasteiger partial charge in [-0.2, -0.15) is 5.10 Å². The molecule has 0 fully saturated rings. The summed E-state index contributed by atoms with van der Waals surface area (Å²) in [5, 5.41) is 5.48. The smallest absolute Gasteiger partial charge is 0.221 e. The maximum atomic E-state index is 11.8. The molecule has 9 heteroatoms. The molecule has 0 amide bonds. The van der Waals surface area contributed by atoms with Crippen molar-refractivity contribution in [2.75, 3.05) is 6.54 Å². The third kappa shape index (κ3) is 4.02. The van der Waals surface area contributed by atoms with Crippen molar-refractivity contribution in [2.45, 2.75) is 25.0 Å². The second-order valence-electron chi connectivity index (χ2n) is 3.42. The highest BCUT2D eigenvalue weighted by Gasteiger charge is 2.25. The molecular formula is C8H15N5O2S2. The van der Waals surface area contributed by atoms with Gasteiger partial charge in [0.05, 0.1) is 4.99 Å². The quantitative estimate of drug-likeness (QED) is 0.570. The average molecular weight is 277 g/mol. The van der Waals surface area contributed by atoms with Gasteiger partial charge in [0.25, 0.3) is 0 Å². The van der Waals surface area contributed by atoms with E-state index in [1.165, 1.54) is 6.33 Å². The van der Waals surface area contributed by atoms with Crippen LogP contribution in [0.25, 0.3) is 0 Å². The molecule has 1 aromatic heterocycles. The van der Waals surface area contributed by atoms with E-state index in [1.807, 2.05) is 0 Å². The topological polar surface area (TPSA) is 114 Å². The molecule has 0 bridgehead atoms. The van der Waals surface area contributed by atoms with E-state index in [0.717, 1.165) is 0 Å². The van der Waals surface area contributed by atoms with E-state index < -0.39 is 15.3 Å². The lowest BCUT2D eigenvalue weighted by molar-refractivity contribution is 0.573. The predicted molar refractivity (Wildman–Crippen MR) is 67.9 cm³/mol. The molecule has 96 valence electrons. The molecular weight excluding hydrogens is 262 g/mol. The summed E-state index contributed by atoms with van der Waals surface area (Å²) >= 11 is 4.72. The van der Waals surface area contributed by atoms with Crippen LogP contribution in [0.4, 0.5) is 0 Å². The predicted octanol–water partition coefficient (Wildman–Crippen LogP) is -0.669. The molecule has 0 aliphatic carbocycles. The van der Waals surface area contributed by atoms with Gasteiger partial charge in [0.2, 0.25) is 10.0 Å². The third-order valence-electron chi connectivity index (χ3n) is 2.19. The lowest BCUT2D eigenvalue weighted by Crippen LogP contribution is -2.42. The van der Waals surface area contributed by atoms with Gasteiger partial charge in [-0.1, -0.05) is 19.1 Å². The fraction of sp³-hybridized carbons (Fsp3) is 0.625. The standard InChI is InChI=1S/C8H15N5O2S2/c1-2-6(8(9)16)17(14,15)12-4-3-7-10-5-11-13-7/h5-6,12H,2-4H2,1H3,(H2,9,16)(H,10,11,13). The van der Waals surface area contributed by atoms with Crippen molar-refractivity contribution < 1.29 is 8.42 Å². The summed E-state index contributed by atoms with van der Waals surface area (Å²) in [5.41, 5.74) is 5.38. The molecule has 0 aliphatic heterocycles. The van der Waals surface area contributed by atoms with Gasteiger partial charge in [-0.3, -0.25) is 5.10 Å². The number of H-pyrrole nitrogens is 1. The minimum absolute atomic E-state index is 0.0142. The zero-order chi connectivity index (χ0) is 12.9. The number of aromatic amines is 1. The van der Waals surface area contributed by atoms with Gasteiger partial charge in [-0.15, -0.1) is 0 Å². The molecule has 0 aliphatic rings. The molecule has 0 aromatic carbocycles. The highest BCUT2D eigenvalue weighted by atomic mass is 32.2. The zero-order valence-electron chi connectivity index (χ0n) is 9.38. The van der Waals surface area contributed by atoms with E-state index >= 15 is 0 Å². The number of aromatic nitrogens is 3. The first-order valence-corrected chi connectivity index (χ1v) is 7.05. The van der Waals surface area contributed by atoms with Gasteiger partial charge >= 0.3 is 0 Å². The van der Waals surface area contributed by atoms with Crippen LogP contribution < -0.4 is 10.5 Å². The van der Waals surface area contributed by atoms with Crippen LogP contribution in [0.1, 0.15) is 19.2 Å². The van der Waals surface area contributed by atoms with Crippen LogP contribution in [0.15, 0.2) is 6.33 Å². The summed E-state index contributed by atoms with van der Waals surface area (Å²) < 4.78 is 26.1. The van der Waals surface area contributed by atoms with Crippen molar-refractivity contribution in [3.05, 3.63) is 12.2 Å². The van der Waals surface area contributed by atoms with Crippen LogP contribution in [-0.4, -0.2) is 40.4 Å². The van der Waals surface area contributed by atoms with Gasteiger partial charge in [-0.05, 0) is 6.42 Å². The number of nitrogens with zero attached hydrogens (tertiary/aromatic N) is 2. The highest BCUT2D eigenvalue weighted by Crippen LogP contribution is 2.04. The summed E-state index contributed by atoms with van der Waals surface area (Å²) in [4.78, 5) is 3.87. The van der Waals surface area contributed by atoms with Crippen molar-refractivity contribution in [3.8, 4) is 0 Å². The summed E-state index contributed by atoms with van der Waals surface area (Å²) in [7, 11) is -3.50. The van der Waals surface area contributed by atoms with Crippen LogP contribution >= 0.6 is 12.2 Å². The average Bonchev–Trinajstić information content (AvgIpc) is 2.69. The van der Waals surface area contributed by atoms with Gasteiger partial charge in [-0.25, -0.2) is 18.1 Å². The fourth-order valence-corrected chi connectivity index (χ4v) is 3.22. The SMILES string of the molecule is CCC(C(N)=S)S(=O)(=O)NCCc1ncn[nH]1. The third-order valence-corrected chi connectivity index (χ3v) is 4.57. The number of hydrogen-bond acceptors (Lipinski definition) is 5. The first kappa shape index (κ1) is 14.0. The van der Waals surface area contributed by atoms with Crippen LogP contribution in [0, 0.1) is 0 Å². The molecule has 4 N–H and O–H groups in total. The Morgan fingerprint density at radius 1 is 1.71 bits per heavy atom. The molecule has 0 saturated carbocycles. The molecule has 17 heavy (non-hydrogen) atoms. The van der Waals surface area contributed by atoms with Crippen molar-refractivity contribution in [1.82, 2.24) is 19.9 Å². The molecule has 0 saturated heterocycles. The number of hydrogen-bond donors (Lipinski definition) is 3. The monoisotopic (exact) mass is 277 g/mol. The normalized spacial score (nSPS) is 13.5. The zero-order valence-corrected chi connectivity index (χ0v) is 11.0. The molecule has 0 radical (unpaired) electrons. The van der Waals surface area contributed by atoms with Gasteiger partial charge < -0.3 is 5.73 Å². The molecule has 1 aromatic rings. The summed E-state index contributed by atoms with van der Waals surface area (Å²) in [6.45, 7) is 1.95. The summed E-state index contributed by atoms with van der Waals surface area (Å²) in [5.74, 6) is 0.621.